The zero-order valence-electron chi connectivity index (χ0n) is 16.8. The summed E-state index contributed by atoms with van der Waals surface area (Å²) in [5, 5.41) is 13.0. The molecule has 3 aromatic heterocycles. The van der Waals surface area contributed by atoms with Crippen LogP contribution in [-0.4, -0.2) is 54.6 Å². The maximum atomic E-state index is 5.51. The number of benzene rings is 1. The molecule has 0 aliphatic carbocycles. The summed E-state index contributed by atoms with van der Waals surface area (Å²) < 4.78 is 14.7. The Morgan fingerprint density at radius 2 is 1.97 bits per heavy atom. The van der Waals surface area contributed by atoms with E-state index >= 15 is 0 Å². The van der Waals surface area contributed by atoms with Gasteiger partial charge in [-0.2, -0.15) is 9.78 Å². The van der Waals surface area contributed by atoms with E-state index in [0.717, 1.165) is 43.1 Å². The Morgan fingerprint density at radius 1 is 1.13 bits per heavy atom. The van der Waals surface area contributed by atoms with Gasteiger partial charge in [0.05, 0.1) is 30.7 Å². The largest absolute Gasteiger partial charge is 0.494 e. The average molecular weight is 405 g/mol. The maximum absolute atomic E-state index is 5.51. The third-order valence-corrected chi connectivity index (χ3v) is 5.22. The summed E-state index contributed by atoms with van der Waals surface area (Å²) in [5.41, 5.74) is 3.30. The molecule has 1 saturated heterocycles. The van der Waals surface area contributed by atoms with Gasteiger partial charge in [-0.15, -0.1) is 5.10 Å². The zero-order chi connectivity index (χ0) is 20.3. The Bertz CT molecular complexity index is 1130. The van der Waals surface area contributed by atoms with Gasteiger partial charge in [-0.3, -0.25) is 4.68 Å². The number of ether oxygens (including phenoxy) is 2. The average Bonchev–Trinajstić information content (AvgIpc) is 3.42. The fraction of sp³-hybridized carbons (Fsp3) is 0.381. The smallest absolute Gasteiger partial charge is 0.187 e. The van der Waals surface area contributed by atoms with Crippen LogP contribution in [0.1, 0.15) is 37.2 Å². The van der Waals surface area contributed by atoms with Crippen LogP contribution in [0.4, 0.5) is 0 Å². The van der Waals surface area contributed by atoms with Crippen molar-refractivity contribution in [2.75, 3.05) is 19.8 Å². The Hall–Kier alpha value is -3.33. The summed E-state index contributed by atoms with van der Waals surface area (Å²) in [6.07, 6.45) is 8.30. The van der Waals surface area contributed by atoms with Crippen LogP contribution in [0.2, 0.25) is 0 Å². The van der Waals surface area contributed by atoms with Gasteiger partial charge in [-0.25, -0.2) is 9.97 Å². The van der Waals surface area contributed by atoms with Gasteiger partial charge >= 0.3 is 0 Å². The monoisotopic (exact) mass is 405 g/mol. The van der Waals surface area contributed by atoms with Crippen molar-refractivity contribution >= 4 is 11.2 Å². The minimum Gasteiger partial charge on any atom is -0.494 e. The molecule has 0 spiro atoms. The maximum Gasteiger partial charge on any atom is 0.187 e. The Kier molecular flexibility index (Phi) is 5.10. The molecule has 30 heavy (non-hydrogen) atoms. The Morgan fingerprint density at radius 3 is 2.77 bits per heavy atom. The van der Waals surface area contributed by atoms with Gasteiger partial charge in [0.15, 0.2) is 11.2 Å². The molecule has 1 fully saturated rings. The summed E-state index contributed by atoms with van der Waals surface area (Å²) in [7, 11) is 0. The summed E-state index contributed by atoms with van der Waals surface area (Å²) in [5.74, 6) is 1.53. The Balaban J connectivity index is 1.38. The second-order valence-corrected chi connectivity index (χ2v) is 7.27. The van der Waals surface area contributed by atoms with E-state index in [4.69, 9.17) is 14.5 Å². The predicted octanol–water partition coefficient (Wildman–Crippen LogP) is 2.75. The highest BCUT2D eigenvalue weighted by molar-refractivity contribution is 5.70. The van der Waals surface area contributed by atoms with Crippen molar-refractivity contribution in [3.63, 3.8) is 0 Å². The van der Waals surface area contributed by atoms with Gasteiger partial charge in [-0.05, 0) is 49.6 Å². The van der Waals surface area contributed by atoms with Gasteiger partial charge < -0.3 is 9.47 Å². The van der Waals surface area contributed by atoms with Crippen LogP contribution in [0.5, 0.6) is 5.75 Å². The standard InChI is InChI=1S/C21H23N7O2/c1-2-30-18-5-3-17(4-6-18)28-21-19(25-26-28)13-22-20(24-21)11-15-12-23-27(14-15)16-7-9-29-10-8-16/h3-6,12-14,16H,2,7-11H2,1H3. The first-order valence-electron chi connectivity index (χ1n) is 10.2. The molecule has 154 valence electrons. The van der Waals surface area contributed by atoms with Crippen LogP contribution in [0, 0.1) is 0 Å². The molecular formula is C21H23N7O2. The van der Waals surface area contributed by atoms with Crippen LogP contribution in [-0.2, 0) is 11.2 Å². The minimum absolute atomic E-state index is 0.404. The molecule has 9 heteroatoms. The van der Waals surface area contributed by atoms with Crippen molar-refractivity contribution in [1.29, 1.82) is 0 Å². The number of fused-ring (bicyclic) bond motifs is 1. The minimum atomic E-state index is 0.404. The van der Waals surface area contributed by atoms with E-state index in [2.05, 4.69) is 26.6 Å². The van der Waals surface area contributed by atoms with Crippen LogP contribution in [0.15, 0.2) is 42.9 Å². The predicted molar refractivity (Wildman–Crippen MR) is 110 cm³/mol. The quantitative estimate of drug-likeness (QED) is 0.487. The molecule has 5 rings (SSSR count). The summed E-state index contributed by atoms with van der Waals surface area (Å²) in [6.45, 7) is 4.18. The molecule has 1 aliphatic rings. The summed E-state index contributed by atoms with van der Waals surface area (Å²) in [6, 6.07) is 8.12. The molecule has 9 nitrogen and oxygen atoms in total. The third kappa shape index (κ3) is 3.76. The fourth-order valence-electron chi connectivity index (χ4n) is 3.67. The van der Waals surface area contributed by atoms with Gasteiger partial charge in [0, 0.05) is 25.8 Å². The van der Waals surface area contributed by atoms with Gasteiger partial charge in [-0.1, -0.05) is 5.21 Å². The molecule has 0 amide bonds. The molecule has 0 atom stereocenters. The lowest BCUT2D eigenvalue weighted by atomic mass is 10.1. The molecule has 0 N–H and O–H groups in total. The van der Waals surface area contributed by atoms with Crippen LogP contribution in [0.25, 0.3) is 16.9 Å². The molecule has 4 aromatic rings. The Labute approximate surface area is 173 Å². The molecule has 4 heterocycles. The van der Waals surface area contributed by atoms with Crippen molar-refractivity contribution in [1.82, 2.24) is 34.7 Å². The van der Waals surface area contributed by atoms with Gasteiger partial charge in [0.1, 0.15) is 11.6 Å². The topological polar surface area (TPSA) is 92.8 Å². The molecular weight excluding hydrogens is 382 g/mol. The molecule has 0 saturated carbocycles. The molecule has 0 bridgehead atoms. The highest BCUT2D eigenvalue weighted by Gasteiger charge is 2.17. The van der Waals surface area contributed by atoms with Gasteiger partial charge in [0.2, 0.25) is 0 Å². The van der Waals surface area contributed by atoms with Crippen LogP contribution in [0.3, 0.4) is 0 Å². The number of aromatic nitrogens is 7. The summed E-state index contributed by atoms with van der Waals surface area (Å²) in [4.78, 5) is 9.19. The second kappa shape index (κ2) is 8.19. The number of rotatable bonds is 6. The third-order valence-electron chi connectivity index (χ3n) is 5.22. The van der Waals surface area contributed by atoms with Gasteiger partial charge in [0.25, 0.3) is 0 Å². The fourth-order valence-corrected chi connectivity index (χ4v) is 3.67. The van der Waals surface area contributed by atoms with Crippen molar-refractivity contribution in [3.05, 3.63) is 54.2 Å². The number of hydrogen-bond acceptors (Lipinski definition) is 7. The van der Waals surface area contributed by atoms with Crippen LogP contribution < -0.4 is 4.74 Å². The van der Waals surface area contributed by atoms with E-state index in [-0.39, 0.29) is 0 Å². The van der Waals surface area contributed by atoms with Crippen molar-refractivity contribution in [2.24, 2.45) is 0 Å². The first kappa shape index (κ1) is 18.7. The van der Waals surface area contributed by atoms with Crippen molar-refractivity contribution < 1.29 is 9.47 Å². The van der Waals surface area contributed by atoms with E-state index in [1.807, 2.05) is 42.1 Å². The highest BCUT2D eigenvalue weighted by Crippen LogP contribution is 2.21. The lowest BCUT2D eigenvalue weighted by Gasteiger charge is -2.22. The lowest BCUT2D eigenvalue weighted by molar-refractivity contribution is 0.0662. The molecule has 1 aliphatic heterocycles. The van der Waals surface area contributed by atoms with Crippen molar-refractivity contribution in [3.8, 4) is 11.4 Å². The van der Waals surface area contributed by atoms with E-state index in [1.54, 1.807) is 10.9 Å². The molecule has 0 unspecified atom stereocenters. The van der Waals surface area contributed by atoms with E-state index < -0.39 is 0 Å². The van der Waals surface area contributed by atoms with E-state index in [0.29, 0.717) is 36.1 Å². The first-order valence-corrected chi connectivity index (χ1v) is 10.2. The molecule has 0 radical (unpaired) electrons. The first-order chi connectivity index (χ1) is 14.8. The lowest BCUT2D eigenvalue weighted by Crippen LogP contribution is -2.19. The van der Waals surface area contributed by atoms with E-state index in [1.165, 1.54) is 0 Å². The molecule has 1 aromatic carbocycles. The number of nitrogens with zero attached hydrogens (tertiary/aromatic N) is 7. The second-order valence-electron chi connectivity index (χ2n) is 7.27. The highest BCUT2D eigenvalue weighted by atomic mass is 16.5. The zero-order valence-corrected chi connectivity index (χ0v) is 16.8. The normalized spacial score (nSPS) is 15.0. The summed E-state index contributed by atoms with van der Waals surface area (Å²) >= 11 is 0. The SMILES string of the molecule is CCOc1ccc(-n2nnc3cnc(Cc4cnn(C5CCOCC5)c4)nc32)cc1. The number of hydrogen-bond donors (Lipinski definition) is 0. The van der Waals surface area contributed by atoms with E-state index in [9.17, 15) is 0 Å². The van der Waals surface area contributed by atoms with Crippen LogP contribution >= 0.6 is 0 Å². The van der Waals surface area contributed by atoms with Crippen molar-refractivity contribution in [2.45, 2.75) is 32.2 Å².